The predicted molar refractivity (Wildman–Crippen MR) is 131 cm³/mol. The number of nitrogens with one attached hydrogen (secondary N) is 1. The van der Waals surface area contributed by atoms with E-state index in [9.17, 15) is 14.4 Å². The number of aromatic nitrogens is 1. The van der Waals surface area contributed by atoms with Crippen molar-refractivity contribution in [1.29, 1.82) is 0 Å². The number of thioether (sulfide) groups is 1. The molecule has 1 fully saturated rings. The number of ether oxygens (including phenoxy) is 1. The molecular weight excluding hydrogens is 438 g/mol. The summed E-state index contributed by atoms with van der Waals surface area (Å²) in [4.78, 5) is 39.4. The third-order valence-electron chi connectivity index (χ3n) is 5.36. The van der Waals surface area contributed by atoms with E-state index in [1.807, 2.05) is 66.2 Å². The fourth-order valence-corrected chi connectivity index (χ4v) is 4.57. The maximum Gasteiger partial charge on any atom is 0.293 e. The molecule has 3 amide bonds. The summed E-state index contributed by atoms with van der Waals surface area (Å²) in [5.41, 5.74) is 3.53. The Hall–Kier alpha value is -3.36. The molecule has 2 heterocycles. The quantitative estimate of drug-likeness (QED) is 0.388. The van der Waals surface area contributed by atoms with E-state index in [4.69, 9.17) is 4.74 Å². The number of benzene rings is 2. The van der Waals surface area contributed by atoms with Crippen LogP contribution in [0.4, 0.5) is 10.5 Å². The van der Waals surface area contributed by atoms with Crippen molar-refractivity contribution in [3.05, 3.63) is 70.8 Å². The molecule has 0 bridgehead atoms. The number of rotatable bonds is 8. The first-order valence-corrected chi connectivity index (χ1v) is 11.5. The summed E-state index contributed by atoms with van der Waals surface area (Å²) in [5, 5.41) is 3.55. The van der Waals surface area contributed by atoms with E-state index in [-0.39, 0.29) is 23.6 Å². The van der Waals surface area contributed by atoms with Crippen LogP contribution in [0.2, 0.25) is 0 Å². The van der Waals surface area contributed by atoms with Gasteiger partial charge in [-0.05, 0) is 49.4 Å². The number of imide groups is 1. The van der Waals surface area contributed by atoms with Crippen LogP contribution in [0, 0.1) is 6.92 Å². The summed E-state index contributed by atoms with van der Waals surface area (Å²) in [6.45, 7) is 2.93. The van der Waals surface area contributed by atoms with Gasteiger partial charge in [-0.15, -0.1) is 0 Å². The molecule has 1 aliphatic rings. The van der Waals surface area contributed by atoms with Crippen LogP contribution in [0.3, 0.4) is 0 Å². The molecule has 0 aliphatic carbocycles. The Morgan fingerprint density at radius 1 is 1.12 bits per heavy atom. The van der Waals surface area contributed by atoms with Crippen LogP contribution in [-0.2, 0) is 20.9 Å². The molecule has 33 heavy (non-hydrogen) atoms. The fourth-order valence-electron chi connectivity index (χ4n) is 3.71. The van der Waals surface area contributed by atoms with Crippen LogP contribution in [0.1, 0.15) is 17.5 Å². The first kappa shape index (κ1) is 22.8. The highest BCUT2D eigenvalue weighted by Gasteiger charge is 2.34. The first-order chi connectivity index (χ1) is 16.0. The van der Waals surface area contributed by atoms with Gasteiger partial charge in [0, 0.05) is 48.6 Å². The average Bonchev–Trinajstić information content (AvgIpc) is 3.27. The molecular formula is C25H25N3O4S. The van der Waals surface area contributed by atoms with E-state index < -0.39 is 0 Å². The Kier molecular flexibility index (Phi) is 6.96. The fraction of sp³-hybridized carbons (Fsp3) is 0.240. The van der Waals surface area contributed by atoms with Crippen molar-refractivity contribution < 1.29 is 19.1 Å². The van der Waals surface area contributed by atoms with Gasteiger partial charge in [0.05, 0.1) is 4.91 Å². The van der Waals surface area contributed by atoms with Crippen molar-refractivity contribution >= 4 is 51.5 Å². The zero-order chi connectivity index (χ0) is 23.4. The molecule has 7 nitrogen and oxygen atoms in total. The van der Waals surface area contributed by atoms with Gasteiger partial charge < -0.3 is 14.6 Å². The maximum absolute atomic E-state index is 12.8. The highest BCUT2D eigenvalue weighted by molar-refractivity contribution is 8.18. The SMILES string of the molecule is COCCCN1C(=O)S/C(=C/c2cn(CC(=O)Nc3ccc(C)cc3)c3ccccc23)C1=O. The Bertz CT molecular complexity index is 1230. The van der Waals surface area contributed by atoms with E-state index in [0.717, 1.165) is 39.5 Å². The van der Waals surface area contributed by atoms with Crippen molar-refractivity contribution in [2.45, 2.75) is 19.9 Å². The van der Waals surface area contributed by atoms with Crippen molar-refractivity contribution in [3.8, 4) is 0 Å². The van der Waals surface area contributed by atoms with Crippen LogP contribution >= 0.6 is 11.8 Å². The van der Waals surface area contributed by atoms with Gasteiger partial charge in [0.2, 0.25) is 5.91 Å². The third-order valence-corrected chi connectivity index (χ3v) is 6.27. The lowest BCUT2D eigenvalue weighted by Crippen LogP contribution is -2.29. The molecule has 1 aliphatic heterocycles. The monoisotopic (exact) mass is 463 g/mol. The normalized spacial score (nSPS) is 15.1. The highest BCUT2D eigenvalue weighted by atomic mass is 32.2. The molecule has 0 atom stereocenters. The lowest BCUT2D eigenvalue weighted by atomic mass is 10.1. The van der Waals surface area contributed by atoms with Crippen LogP contribution < -0.4 is 5.32 Å². The number of hydrogen-bond donors (Lipinski definition) is 1. The van der Waals surface area contributed by atoms with Gasteiger partial charge >= 0.3 is 0 Å². The topological polar surface area (TPSA) is 80.6 Å². The Morgan fingerprint density at radius 2 is 1.88 bits per heavy atom. The van der Waals surface area contributed by atoms with Crippen molar-refractivity contribution in [3.63, 3.8) is 0 Å². The van der Waals surface area contributed by atoms with E-state index >= 15 is 0 Å². The van der Waals surface area contributed by atoms with Gasteiger partial charge in [-0.2, -0.15) is 0 Å². The molecule has 8 heteroatoms. The molecule has 170 valence electrons. The molecule has 3 aromatic rings. The number of carbonyl (C=O) groups excluding carboxylic acids is 3. The molecule has 1 aromatic heterocycles. The summed E-state index contributed by atoms with van der Waals surface area (Å²) < 4.78 is 6.87. The number of carbonyl (C=O) groups is 3. The number of nitrogens with zero attached hydrogens (tertiary/aromatic N) is 2. The van der Waals surface area contributed by atoms with Crippen molar-refractivity contribution in [2.75, 3.05) is 25.6 Å². The van der Waals surface area contributed by atoms with Gasteiger partial charge in [0.1, 0.15) is 6.54 Å². The average molecular weight is 464 g/mol. The van der Waals surface area contributed by atoms with Crippen LogP contribution in [-0.4, -0.2) is 46.8 Å². The smallest absolute Gasteiger partial charge is 0.293 e. The summed E-state index contributed by atoms with van der Waals surface area (Å²) in [5.74, 6) is -0.445. The number of fused-ring (bicyclic) bond motifs is 1. The number of amides is 3. The molecule has 0 radical (unpaired) electrons. The van der Waals surface area contributed by atoms with E-state index in [1.165, 1.54) is 4.90 Å². The van der Waals surface area contributed by atoms with E-state index in [1.54, 1.807) is 13.2 Å². The lowest BCUT2D eigenvalue weighted by Gasteiger charge is -2.11. The minimum atomic E-state index is -0.296. The second kappa shape index (κ2) is 10.1. The minimum Gasteiger partial charge on any atom is -0.385 e. The second-order valence-electron chi connectivity index (χ2n) is 7.82. The number of methoxy groups -OCH3 is 1. The molecule has 1 N–H and O–H groups in total. The Labute approximate surface area is 196 Å². The van der Waals surface area contributed by atoms with Gasteiger partial charge in [-0.1, -0.05) is 35.9 Å². The highest BCUT2D eigenvalue weighted by Crippen LogP contribution is 2.34. The van der Waals surface area contributed by atoms with Gasteiger partial charge in [0.15, 0.2) is 0 Å². The summed E-state index contributed by atoms with van der Waals surface area (Å²) >= 11 is 0.938. The van der Waals surface area contributed by atoms with Gasteiger partial charge in [-0.25, -0.2) is 0 Å². The summed E-state index contributed by atoms with van der Waals surface area (Å²) in [6, 6.07) is 15.3. The van der Waals surface area contributed by atoms with Crippen LogP contribution in [0.5, 0.6) is 0 Å². The molecule has 0 unspecified atom stereocenters. The number of aryl methyl sites for hydroxylation is 1. The van der Waals surface area contributed by atoms with Crippen LogP contribution in [0.25, 0.3) is 17.0 Å². The van der Waals surface area contributed by atoms with E-state index in [0.29, 0.717) is 24.5 Å². The Morgan fingerprint density at radius 3 is 2.64 bits per heavy atom. The zero-order valence-corrected chi connectivity index (χ0v) is 19.4. The second-order valence-corrected chi connectivity index (χ2v) is 8.82. The standard InChI is InChI=1S/C25H25N3O4S/c1-17-8-10-19(11-9-17)26-23(29)16-27-15-18(20-6-3-4-7-21(20)27)14-22-24(30)28(25(31)33-22)12-5-13-32-2/h3-4,6-11,14-15H,5,12-13,16H2,1-2H3,(H,26,29)/b22-14+. The maximum atomic E-state index is 12.8. The predicted octanol–water partition coefficient (Wildman–Crippen LogP) is 4.66. The zero-order valence-electron chi connectivity index (χ0n) is 18.5. The first-order valence-electron chi connectivity index (χ1n) is 10.6. The van der Waals surface area contributed by atoms with Crippen molar-refractivity contribution in [1.82, 2.24) is 9.47 Å². The largest absolute Gasteiger partial charge is 0.385 e. The van der Waals surface area contributed by atoms with Crippen LogP contribution in [0.15, 0.2) is 59.6 Å². The third kappa shape index (κ3) is 5.18. The molecule has 0 saturated carbocycles. The summed E-state index contributed by atoms with van der Waals surface area (Å²) in [6.07, 6.45) is 4.17. The Balaban J connectivity index is 1.56. The number of anilines is 1. The molecule has 2 aromatic carbocycles. The van der Waals surface area contributed by atoms with Gasteiger partial charge in [0.25, 0.3) is 11.1 Å². The van der Waals surface area contributed by atoms with Crippen molar-refractivity contribution in [2.24, 2.45) is 0 Å². The minimum absolute atomic E-state index is 0.126. The molecule has 4 rings (SSSR count). The molecule has 1 saturated heterocycles. The summed E-state index contributed by atoms with van der Waals surface area (Å²) in [7, 11) is 1.59. The number of para-hydroxylation sites is 1. The lowest BCUT2D eigenvalue weighted by molar-refractivity contribution is -0.122. The van der Waals surface area contributed by atoms with Gasteiger partial charge in [-0.3, -0.25) is 19.3 Å². The molecule has 0 spiro atoms. The number of hydrogen-bond acceptors (Lipinski definition) is 5. The van der Waals surface area contributed by atoms with E-state index in [2.05, 4.69) is 5.32 Å².